The summed E-state index contributed by atoms with van der Waals surface area (Å²) >= 11 is 3.10. The molecule has 0 N–H and O–H groups in total. The lowest BCUT2D eigenvalue weighted by molar-refractivity contribution is -0.183. The van der Waals surface area contributed by atoms with Gasteiger partial charge in [-0.25, -0.2) is 9.18 Å². The largest absolute Gasteiger partial charge is 0.422 e. The molecule has 2 aromatic rings. The SMILES string of the molecule is CC1(C)CC(=O)C(F)(S(=O)(=O)Oc2cc(=O)oc3cc(Br)ccc23)C(=O)C1(F)F. The first-order chi connectivity index (χ1) is 13.1. The van der Waals surface area contributed by atoms with Crippen LogP contribution in [0.3, 0.4) is 0 Å². The van der Waals surface area contributed by atoms with Gasteiger partial charge in [0.05, 0.1) is 11.5 Å². The van der Waals surface area contributed by atoms with Crippen molar-refractivity contribution in [3.63, 3.8) is 0 Å². The maximum atomic E-state index is 15.2. The summed E-state index contributed by atoms with van der Waals surface area (Å²) in [5.74, 6) is -9.86. The summed E-state index contributed by atoms with van der Waals surface area (Å²) in [4.78, 5) is 36.0. The Balaban J connectivity index is 2.16. The number of ketones is 2. The van der Waals surface area contributed by atoms with Crippen LogP contribution in [0.15, 0.2) is 37.9 Å². The second kappa shape index (κ2) is 6.39. The van der Waals surface area contributed by atoms with Crippen LogP contribution in [-0.4, -0.2) is 30.9 Å². The van der Waals surface area contributed by atoms with Gasteiger partial charge in [0.15, 0.2) is 11.5 Å². The predicted molar refractivity (Wildman–Crippen MR) is 96.9 cm³/mol. The number of halogens is 4. The highest BCUT2D eigenvalue weighted by Gasteiger charge is 2.75. The van der Waals surface area contributed by atoms with E-state index in [2.05, 4.69) is 20.1 Å². The zero-order valence-electron chi connectivity index (χ0n) is 14.8. The number of alkyl halides is 3. The molecule has 1 fully saturated rings. The van der Waals surface area contributed by atoms with Crippen molar-refractivity contribution < 1.29 is 39.8 Å². The minimum atomic E-state index is -5.91. The summed E-state index contributed by atoms with van der Waals surface area (Å²) < 4.78 is 78.8. The Bertz CT molecular complexity index is 1220. The highest BCUT2D eigenvalue weighted by Crippen LogP contribution is 2.50. The molecule has 0 radical (unpaired) electrons. The van der Waals surface area contributed by atoms with Crippen LogP contribution in [0.1, 0.15) is 20.3 Å². The fourth-order valence-corrected chi connectivity index (χ4v) is 4.40. The van der Waals surface area contributed by atoms with Gasteiger partial charge < -0.3 is 8.60 Å². The van der Waals surface area contributed by atoms with Crippen molar-refractivity contribution >= 4 is 48.6 Å². The molecule has 1 aliphatic rings. The van der Waals surface area contributed by atoms with Gasteiger partial charge in [0.1, 0.15) is 5.58 Å². The summed E-state index contributed by atoms with van der Waals surface area (Å²) in [7, 11) is -5.91. The fraction of sp³-hybridized carbons (Fsp3) is 0.353. The summed E-state index contributed by atoms with van der Waals surface area (Å²) in [5, 5.41) is -4.77. The van der Waals surface area contributed by atoms with Gasteiger partial charge in [0, 0.05) is 16.3 Å². The first kappa shape index (κ1) is 21.5. The number of benzene rings is 1. The predicted octanol–water partition coefficient (Wildman–Crippen LogP) is 3.13. The Morgan fingerprint density at radius 3 is 2.34 bits per heavy atom. The molecule has 1 aromatic heterocycles. The highest BCUT2D eigenvalue weighted by atomic mass is 79.9. The molecule has 0 amide bonds. The molecule has 3 rings (SSSR count). The van der Waals surface area contributed by atoms with E-state index < -0.39 is 55.8 Å². The zero-order valence-corrected chi connectivity index (χ0v) is 17.2. The summed E-state index contributed by atoms with van der Waals surface area (Å²) in [6, 6.07) is 4.44. The van der Waals surface area contributed by atoms with Gasteiger partial charge in [-0.15, -0.1) is 0 Å². The van der Waals surface area contributed by atoms with Crippen LogP contribution in [0.25, 0.3) is 11.0 Å². The van der Waals surface area contributed by atoms with Gasteiger partial charge in [-0.1, -0.05) is 29.8 Å². The van der Waals surface area contributed by atoms with Crippen molar-refractivity contribution in [1.29, 1.82) is 0 Å². The van der Waals surface area contributed by atoms with E-state index in [4.69, 9.17) is 4.42 Å². The third-order valence-corrected chi connectivity index (χ3v) is 6.60. The van der Waals surface area contributed by atoms with Crippen molar-refractivity contribution in [3.8, 4) is 5.75 Å². The van der Waals surface area contributed by atoms with E-state index in [0.717, 1.165) is 13.8 Å². The van der Waals surface area contributed by atoms with Gasteiger partial charge >= 0.3 is 26.7 Å². The van der Waals surface area contributed by atoms with Crippen LogP contribution in [0.5, 0.6) is 5.75 Å². The third-order valence-electron chi connectivity index (χ3n) is 4.60. The van der Waals surface area contributed by atoms with E-state index >= 15 is 4.39 Å². The average molecular weight is 497 g/mol. The Morgan fingerprint density at radius 1 is 1.10 bits per heavy atom. The fourth-order valence-electron chi connectivity index (χ4n) is 2.87. The number of hydrogen-bond acceptors (Lipinski definition) is 7. The number of fused-ring (bicyclic) bond motifs is 1. The Kier molecular flexibility index (Phi) is 4.74. The molecule has 0 saturated heterocycles. The number of hydrogen-bond donors (Lipinski definition) is 0. The van der Waals surface area contributed by atoms with Crippen molar-refractivity contribution in [1.82, 2.24) is 0 Å². The molecular weight excluding hydrogens is 485 g/mol. The molecule has 7 nitrogen and oxygen atoms in total. The quantitative estimate of drug-likeness (QED) is 0.364. The topological polar surface area (TPSA) is 108 Å². The molecular formula is C17H12BrF3O7S. The normalized spacial score (nSPS) is 23.9. The first-order valence-corrected chi connectivity index (χ1v) is 10.2. The van der Waals surface area contributed by atoms with Gasteiger partial charge in [-0.3, -0.25) is 9.59 Å². The number of carbonyl (C=O) groups excluding carboxylic acids is 2. The maximum absolute atomic E-state index is 15.2. The molecule has 1 aromatic carbocycles. The Hall–Kier alpha value is -2.21. The number of carbonyl (C=O) groups is 2. The van der Waals surface area contributed by atoms with Gasteiger partial charge in [0.2, 0.25) is 0 Å². The van der Waals surface area contributed by atoms with Crippen LogP contribution < -0.4 is 9.81 Å². The summed E-state index contributed by atoms with van der Waals surface area (Å²) in [6.07, 6.45) is -1.23. The molecule has 1 heterocycles. The molecule has 0 spiro atoms. The monoisotopic (exact) mass is 496 g/mol. The van der Waals surface area contributed by atoms with E-state index in [1.807, 2.05) is 0 Å². The van der Waals surface area contributed by atoms with E-state index in [-0.39, 0.29) is 11.0 Å². The van der Waals surface area contributed by atoms with Crippen molar-refractivity contribution in [3.05, 3.63) is 39.2 Å². The molecule has 1 saturated carbocycles. The molecule has 0 bridgehead atoms. The van der Waals surface area contributed by atoms with E-state index in [1.54, 1.807) is 0 Å². The lowest BCUT2D eigenvalue weighted by Gasteiger charge is -2.40. The molecule has 1 aliphatic carbocycles. The van der Waals surface area contributed by atoms with Crippen LogP contribution in [0, 0.1) is 5.41 Å². The lowest BCUT2D eigenvalue weighted by atomic mass is 9.72. The maximum Gasteiger partial charge on any atom is 0.365 e. The molecule has 12 heteroatoms. The summed E-state index contributed by atoms with van der Waals surface area (Å²) in [6.45, 7) is 1.67. The standard InChI is InChI=1S/C17H12BrF3O7S/c1-15(2)7-12(22)16(19,14(24)17(15,20)21)29(25,26)28-11-6-13(23)27-10-5-8(18)3-4-9(10)11/h3-6H,7H2,1-2H3. The second-order valence-electron chi connectivity index (χ2n) is 7.09. The van der Waals surface area contributed by atoms with Gasteiger partial charge in [0.25, 0.3) is 5.78 Å². The van der Waals surface area contributed by atoms with Crippen LogP contribution >= 0.6 is 15.9 Å². The van der Waals surface area contributed by atoms with E-state index in [0.29, 0.717) is 10.5 Å². The van der Waals surface area contributed by atoms with Gasteiger partial charge in [-0.2, -0.15) is 17.2 Å². The van der Waals surface area contributed by atoms with Crippen molar-refractivity contribution in [2.75, 3.05) is 0 Å². The number of Topliss-reactive ketones (excluding diaryl/α,β-unsaturated/α-hetero) is 2. The van der Waals surface area contributed by atoms with Crippen molar-refractivity contribution in [2.45, 2.75) is 31.2 Å². The zero-order chi connectivity index (χ0) is 22.0. The minimum absolute atomic E-state index is 0.136. The smallest absolute Gasteiger partial charge is 0.365 e. The Morgan fingerprint density at radius 2 is 1.72 bits per heavy atom. The van der Waals surface area contributed by atoms with Crippen molar-refractivity contribution in [2.24, 2.45) is 5.41 Å². The molecule has 29 heavy (non-hydrogen) atoms. The van der Waals surface area contributed by atoms with Gasteiger partial charge in [-0.05, 0) is 18.2 Å². The summed E-state index contributed by atoms with van der Waals surface area (Å²) in [5.41, 5.74) is -3.56. The van der Waals surface area contributed by atoms with E-state index in [9.17, 15) is 31.6 Å². The number of rotatable bonds is 3. The first-order valence-electron chi connectivity index (χ1n) is 7.96. The Labute approximate surface area is 170 Å². The second-order valence-corrected chi connectivity index (χ2v) is 9.64. The molecule has 1 unspecified atom stereocenters. The average Bonchev–Trinajstić information content (AvgIpc) is 2.57. The van der Waals surface area contributed by atoms with E-state index in [1.165, 1.54) is 18.2 Å². The minimum Gasteiger partial charge on any atom is -0.422 e. The van der Waals surface area contributed by atoms with Crippen LogP contribution in [0.4, 0.5) is 13.2 Å². The van der Waals surface area contributed by atoms with Crippen LogP contribution in [0.2, 0.25) is 0 Å². The third kappa shape index (κ3) is 3.08. The lowest BCUT2D eigenvalue weighted by Crippen LogP contribution is -2.66. The van der Waals surface area contributed by atoms with Crippen LogP contribution in [-0.2, 0) is 19.7 Å². The molecule has 0 aliphatic heterocycles. The molecule has 1 atom stereocenters. The molecule has 156 valence electrons. The highest BCUT2D eigenvalue weighted by molar-refractivity contribution is 9.10.